The molecule has 0 unspecified atom stereocenters. The fourth-order valence-electron chi connectivity index (χ4n) is 2.62. The molecule has 1 aromatic rings. The maximum atomic E-state index is 11.8. The van der Waals surface area contributed by atoms with Crippen molar-refractivity contribution < 1.29 is 32.2 Å². The van der Waals surface area contributed by atoms with Crippen LogP contribution in [-0.2, 0) is 24.2 Å². The van der Waals surface area contributed by atoms with Crippen molar-refractivity contribution in [3.8, 4) is 11.5 Å². The first kappa shape index (κ1) is 18.8. The molecule has 0 radical (unpaired) electrons. The van der Waals surface area contributed by atoms with E-state index in [2.05, 4.69) is 5.32 Å². The zero-order valence-corrected chi connectivity index (χ0v) is 15.6. The quantitative estimate of drug-likeness (QED) is 0.539. The van der Waals surface area contributed by atoms with E-state index in [9.17, 15) is 18.0 Å². The predicted octanol–water partition coefficient (Wildman–Crippen LogP) is 0.396. The average molecular weight is 401 g/mol. The highest BCUT2D eigenvalue weighted by molar-refractivity contribution is 8.00. The third-order valence-corrected chi connectivity index (χ3v) is 6.57. The highest BCUT2D eigenvalue weighted by Gasteiger charge is 2.29. The van der Waals surface area contributed by atoms with Gasteiger partial charge in [0.05, 0.1) is 17.3 Å². The Morgan fingerprint density at radius 1 is 1.23 bits per heavy atom. The first-order valence-corrected chi connectivity index (χ1v) is 10.9. The Morgan fingerprint density at radius 2 is 2.00 bits per heavy atom. The van der Waals surface area contributed by atoms with Crippen molar-refractivity contribution >= 4 is 33.5 Å². The molecular formula is C16H19NO7S2. The van der Waals surface area contributed by atoms with Gasteiger partial charge in [-0.2, -0.15) is 0 Å². The number of carbonyl (C=O) groups is 2. The molecule has 0 bridgehead atoms. The summed E-state index contributed by atoms with van der Waals surface area (Å²) in [6.45, 7) is 0.582. The summed E-state index contributed by atoms with van der Waals surface area (Å²) >= 11 is 1.26. The minimum atomic E-state index is -3.06. The molecule has 1 N–H and O–H groups in total. The number of ether oxygens (including phenoxy) is 3. The molecular weight excluding hydrogens is 382 g/mol. The van der Waals surface area contributed by atoms with E-state index in [0.717, 1.165) is 4.90 Å². The molecule has 0 aliphatic carbocycles. The fourth-order valence-corrected chi connectivity index (χ4v) is 5.02. The number of carbonyl (C=O) groups excluding carboxylic acids is 2. The summed E-state index contributed by atoms with van der Waals surface area (Å²) < 4.78 is 38.5. The van der Waals surface area contributed by atoms with Gasteiger partial charge in [-0.1, -0.05) is 0 Å². The van der Waals surface area contributed by atoms with Crippen molar-refractivity contribution in [1.82, 2.24) is 5.32 Å². The predicted molar refractivity (Wildman–Crippen MR) is 94.3 cm³/mol. The van der Waals surface area contributed by atoms with Crippen molar-refractivity contribution in [2.24, 2.45) is 0 Å². The number of esters is 1. The van der Waals surface area contributed by atoms with Gasteiger partial charge in [0, 0.05) is 10.9 Å². The zero-order valence-electron chi connectivity index (χ0n) is 13.9. The van der Waals surface area contributed by atoms with E-state index >= 15 is 0 Å². The van der Waals surface area contributed by atoms with Crippen LogP contribution in [0.3, 0.4) is 0 Å². The van der Waals surface area contributed by atoms with Crippen molar-refractivity contribution in [3.63, 3.8) is 0 Å². The number of amides is 1. The number of fused-ring (bicyclic) bond motifs is 1. The van der Waals surface area contributed by atoms with Crippen LogP contribution < -0.4 is 14.8 Å². The Morgan fingerprint density at radius 3 is 2.73 bits per heavy atom. The van der Waals surface area contributed by atoms with E-state index in [0.29, 0.717) is 31.1 Å². The number of benzene rings is 1. The van der Waals surface area contributed by atoms with Gasteiger partial charge in [0.2, 0.25) is 0 Å². The second-order valence-corrected chi connectivity index (χ2v) is 9.20. The van der Waals surface area contributed by atoms with Crippen molar-refractivity contribution in [1.29, 1.82) is 0 Å². The third-order valence-electron chi connectivity index (χ3n) is 3.83. The van der Waals surface area contributed by atoms with Gasteiger partial charge in [-0.25, -0.2) is 8.42 Å². The molecule has 2 aliphatic heterocycles. The fraction of sp³-hybridized carbons (Fsp3) is 0.500. The van der Waals surface area contributed by atoms with Gasteiger partial charge in [0.15, 0.2) is 27.9 Å². The first-order chi connectivity index (χ1) is 12.4. The molecule has 26 heavy (non-hydrogen) atoms. The van der Waals surface area contributed by atoms with Crippen LogP contribution in [-0.4, -0.2) is 63.4 Å². The van der Waals surface area contributed by atoms with Crippen LogP contribution in [0.15, 0.2) is 23.1 Å². The maximum absolute atomic E-state index is 11.8. The van der Waals surface area contributed by atoms with Gasteiger partial charge >= 0.3 is 5.97 Å². The number of nitrogens with one attached hydrogen (secondary N) is 1. The molecule has 142 valence electrons. The maximum Gasteiger partial charge on any atom is 0.316 e. The Balaban J connectivity index is 1.38. The van der Waals surface area contributed by atoms with E-state index in [1.54, 1.807) is 12.1 Å². The summed E-state index contributed by atoms with van der Waals surface area (Å²) in [5.74, 6) is 0.347. The standard InChI is InChI=1S/C16H19NO7S2/c18-15(17-11-3-6-26(20,21)10-11)8-24-16(19)9-25-12-1-2-13-14(7-12)23-5-4-22-13/h1-2,7,11H,3-6,8-10H2,(H,17,18)/t11-/m0/s1. The Hall–Kier alpha value is -1.94. The van der Waals surface area contributed by atoms with E-state index in [1.165, 1.54) is 11.8 Å². The second kappa shape index (κ2) is 8.17. The normalized spacial score (nSPS) is 20.4. The Kier molecular flexibility index (Phi) is 5.92. The van der Waals surface area contributed by atoms with Gasteiger partial charge in [0.1, 0.15) is 13.2 Å². The van der Waals surface area contributed by atoms with Crippen LogP contribution in [0.1, 0.15) is 6.42 Å². The molecule has 3 rings (SSSR count). The Labute approximate surface area is 155 Å². The molecule has 10 heteroatoms. The zero-order chi connectivity index (χ0) is 18.6. The van der Waals surface area contributed by atoms with Crippen LogP contribution in [0, 0.1) is 0 Å². The van der Waals surface area contributed by atoms with Crippen molar-refractivity contribution in [2.45, 2.75) is 17.4 Å². The van der Waals surface area contributed by atoms with Gasteiger partial charge in [0.25, 0.3) is 5.91 Å². The lowest BCUT2D eigenvalue weighted by Gasteiger charge is -2.18. The summed E-state index contributed by atoms with van der Waals surface area (Å²) in [4.78, 5) is 24.3. The summed E-state index contributed by atoms with van der Waals surface area (Å²) in [7, 11) is -3.06. The largest absolute Gasteiger partial charge is 0.486 e. The number of sulfone groups is 1. The lowest BCUT2D eigenvalue weighted by Crippen LogP contribution is -2.38. The summed E-state index contributed by atoms with van der Waals surface area (Å²) in [6.07, 6.45) is 0.391. The highest BCUT2D eigenvalue weighted by Crippen LogP contribution is 2.34. The third kappa shape index (κ3) is 5.28. The smallest absolute Gasteiger partial charge is 0.316 e. The lowest BCUT2D eigenvalue weighted by atomic mass is 10.2. The summed E-state index contributed by atoms with van der Waals surface area (Å²) in [6, 6.07) is 4.99. The molecule has 1 atom stereocenters. The minimum Gasteiger partial charge on any atom is -0.486 e. The summed E-state index contributed by atoms with van der Waals surface area (Å²) in [5, 5.41) is 2.57. The van der Waals surface area contributed by atoms with E-state index in [4.69, 9.17) is 14.2 Å². The summed E-state index contributed by atoms with van der Waals surface area (Å²) in [5.41, 5.74) is 0. The first-order valence-electron chi connectivity index (χ1n) is 8.09. The highest BCUT2D eigenvalue weighted by atomic mass is 32.2. The molecule has 8 nitrogen and oxygen atoms in total. The van der Waals surface area contributed by atoms with Crippen LogP contribution in [0.25, 0.3) is 0 Å². The van der Waals surface area contributed by atoms with Crippen LogP contribution in [0.5, 0.6) is 11.5 Å². The van der Waals surface area contributed by atoms with Gasteiger partial charge in [-0.15, -0.1) is 11.8 Å². The molecule has 0 aromatic heterocycles. The van der Waals surface area contributed by atoms with Crippen LogP contribution in [0.2, 0.25) is 0 Å². The molecule has 0 spiro atoms. The molecule has 1 saturated heterocycles. The molecule has 1 fully saturated rings. The van der Waals surface area contributed by atoms with Crippen molar-refractivity contribution in [2.75, 3.05) is 37.1 Å². The molecule has 1 aromatic carbocycles. The van der Waals surface area contributed by atoms with E-state index in [-0.39, 0.29) is 17.3 Å². The molecule has 2 heterocycles. The Bertz CT molecular complexity index is 794. The molecule has 1 amide bonds. The van der Waals surface area contributed by atoms with Gasteiger partial charge < -0.3 is 19.5 Å². The molecule has 2 aliphatic rings. The number of hydrogen-bond donors (Lipinski definition) is 1. The average Bonchev–Trinajstić information content (AvgIpc) is 2.96. The van der Waals surface area contributed by atoms with Gasteiger partial charge in [-0.05, 0) is 24.6 Å². The number of rotatable bonds is 6. The monoisotopic (exact) mass is 401 g/mol. The van der Waals surface area contributed by atoms with Gasteiger partial charge in [-0.3, -0.25) is 9.59 Å². The van der Waals surface area contributed by atoms with Crippen LogP contribution >= 0.6 is 11.8 Å². The minimum absolute atomic E-state index is 0.0464. The SMILES string of the molecule is O=C(COC(=O)CSc1ccc2c(c1)OCCO2)N[C@H]1CCS(=O)(=O)C1. The van der Waals surface area contributed by atoms with Crippen molar-refractivity contribution in [3.05, 3.63) is 18.2 Å². The number of hydrogen-bond acceptors (Lipinski definition) is 8. The van der Waals surface area contributed by atoms with E-state index < -0.39 is 34.4 Å². The topological polar surface area (TPSA) is 108 Å². The second-order valence-electron chi connectivity index (χ2n) is 5.92. The molecule has 0 saturated carbocycles. The van der Waals surface area contributed by atoms with E-state index in [1.807, 2.05) is 6.07 Å². The van der Waals surface area contributed by atoms with Crippen LogP contribution in [0.4, 0.5) is 0 Å². The number of thioether (sulfide) groups is 1. The lowest BCUT2D eigenvalue weighted by molar-refractivity contribution is -0.146.